The van der Waals surface area contributed by atoms with Crippen molar-refractivity contribution in [2.24, 2.45) is 0 Å². The molecule has 1 aromatic heterocycles. The van der Waals surface area contributed by atoms with Crippen LogP contribution in [0.4, 0.5) is 4.79 Å². The maximum atomic E-state index is 11.5. The molecule has 0 aromatic carbocycles. The number of aryl methyl sites for hydroxylation is 1. The Kier molecular flexibility index (Phi) is 4.50. The summed E-state index contributed by atoms with van der Waals surface area (Å²) in [7, 11) is 1.43. The Morgan fingerprint density at radius 3 is 2.82 bits per heavy atom. The van der Waals surface area contributed by atoms with E-state index in [0.29, 0.717) is 5.75 Å². The smallest absolute Gasteiger partial charge is 0.321 e. The molecule has 7 heteroatoms. The SMILES string of the molecule is CCn1cc(OC(C)C(=O)NC(=O)NC)cn1. The Morgan fingerprint density at radius 1 is 1.59 bits per heavy atom. The summed E-state index contributed by atoms with van der Waals surface area (Å²) in [5.41, 5.74) is 0. The molecule has 1 aromatic rings. The predicted octanol–water partition coefficient (Wildman–Crippen LogP) is 0.126. The van der Waals surface area contributed by atoms with E-state index in [1.165, 1.54) is 13.2 Å². The van der Waals surface area contributed by atoms with Gasteiger partial charge in [0.1, 0.15) is 0 Å². The number of nitrogens with one attached hydrogen (secondary N) is 2. The van der Waals surface area contributed by atoms with Crippen LogP contribution >= 0.6 is 0 Å². The lowest BCUT2D eigenvalue weighted by atomic mass is 10.4. The van der Waals surface area contributed by atoms with Crippen LogP contribution in [0.15, 0.2) is 12.4 Å². The molecule has 1 unspecified atom stereocenters. The number of aromatic nitrogens is 2. The minimum absolute atomic E-state index is 0.492. The standard InChI is InChI=1S/C10H16N4O3/c1-4-14-6-8(5-12-14)17-7(2)9(15)13-10(16)11-3/h5-7H,4H2,1-3H3,(H2,11,13,15,16). The number of imide groups is 1. The van der Waals surface area contributed by atoms with Gasteiger partial charge in [0, 0.05) is 13.6 Å². The monoisotopic (exact) mass is 240 g/mol. The Morgan fingerprint density at radius 2 is 2.29 bits per heavy atom. The van der Waals surface area contributed by atoms with Gasteiger partial charge in [-0.3, -0.25) is 14.8 Å². The zero-order valence-corrected chi connectivity index (χ0v) is 10.1. The van der Waals surface area contributed by atoms with Crippen LogP contribution in [-0.2, 0) is 11.3 Å². The average molecular weight is 240 g/mol. The summed E-state index contributed by atoms with van der Waals surface area (Å²) < 4.78 is 7.01. The van der Waals surface area contributed by atoms with Gasteiger partial charge in [-0.2, -0.15) is 5.10 Å². The molecule has 0 fully saturated rings. The second-order valence-electron chi connectivity index (χ2n) is 3.36. The third-order valence-corrected chi connectivity index (χ3v) is 2.08. The van der Waals surface area contributed by atoms with Crippen molar-refractivity contribution in [1.29, 1.82) is 0 Å². The van der Waals surface area contributed by atoms with Crippen molar-refractivity contribution < 1.29 is 14.3 Å². The number of ether oxygens (including phenoxy) is 1. The molecule has 3 amide bonds. The molecule has 1 rings (SSSR count). The number of urea groups is 1. The Balaban J connectivity index is 2.50. The van der Waals surface area contributed by atoms with Crippen molar-refractivity contribution in [3.05, 3.63) is 12.4 Å². The number of amides is 3. The highest BCUT2D eigenvalue weighted by molar-refractivity contribution is 5.96. The van der Waals surface area contributed by atoms with Crippen LogP contribution in [0.25, 0.3) is 0 Å². The number of carbonyl (C=O) groups is 2. The lowest BCUT2D eigenvalue weighted by molar-refractivity contribution is -0.126. The van der Waals surface area contributed by atoms with E-state index in [2.05, 4.69) is 15.7 Å². The van der Waals surface area contributed by atoms with Gasteiger partial charge in [-0.15, -0.1) is 0 Å². The fourth-order valence-corrected chi connectivity index (χ4v) is 1.11. The molecule has 94 valence electrons. The van der Waals surface area contributed by atoms with Crippen LogP contribution in [0, 0.1) is 0 Å². The van der Waals surface area contributed by atoms with Gasteiger partial charge in [0.25, 0.3) is 5.91 Å². The van der Waals surface area contributed by atoms with Gasteiger partial charge in [-0.1, -0.05) is 0 Å². The Bertz CT molecular complexity index is 402. The molecule has 17 heavy (non-hydrogen) atoms. The van der Waals surface area contributed by atoms with Gasteiger partial charge in [0.05, 0.1) is 12.4 Å². The lowest BCUT2D eigenvalue weighted by Gasteiger charge is -2.12. The average Bonchev–Trinajstić information content (AvgIpc) is 2.76. The van der Waals surface area contributed by atoms with Gasteiger partial charge in [-0.05, 0) is 13.8 Å². The summed E-state index contributed by atoms with van der Waals surface area (Å²) in [5.74, 6) is -0.0139. The molecular weight excluding hydrogens is 224 g/mol. The quantitative estimate of drug-likeness (QED) is 0.783. The van der Waals surface area contributed by atoms with Crippen molar-refractivity contribution in [2.45, 2.75) is 26.5 Å². The van der Waals surface area contributed by atoms with Crippen LogP contribution in [0.5, 0.6) is 5.75 Å². The summed E-state index contributed by atoms with van der Waals surface area (Å²) >= 11 is 0. The third kappa shape index (κ3) is 3.78. The van der Waals surface area contributed by atoms with Crippen molar-refractivity contribution in [1.82, 2.24) is 20.4 Å². The van der Waals surface area contributed by atoms with Gasteiger partial charge in [0.2, 0.25) is 0 Å². The van der Waals surface area contributed by atoms with Gasteiger partial charge in [0.15, 0.2) is 11.9 Å². The molecule has 2 N–H and O–H groups in total. The highest BCUT2D eigenvalue weighted by atomic mass is 16.5. The zero-order valence-electron chi connectivity index (χ0n) is 10.1. The van der Waals surface area contributed by atoms with Crippen LogP contribution in [0.3, 0.4) is 0 Å². The number of nitrogens with zero attached hydrogens (tertiary/aromatic N) is 2. The summed E-state index contributed by atoms with van der Waals surface area (Å²) in [6.45, 7) is 4.22. The maximum absolute atomic E-state index is 11.5. The fraction of sp³-hybridized carbons (Fsp3) is 0.500. The summed E-state index contributed by atoms with van der Waals surface area (Å²) in [6.07, 6.45) is 2.44. The number of hydrogen-bond donors (Lipinski definition) is 2. The molecule has 1 heterocycles. The maximum Gasteiger partial charge on any atom is 0.321 e. The summed E-state index contributed by atoms with van der Waals surface area (Å²) in [4.78, 5) is 22.4. The number of hydrogen-bond acceptors (Lipinski definition) is 4. The highest BCUT2D eigenvalue weighted by Gasteiger charge is 2.17. The number of carbonyl (C=O) groups excluding carboxylic acids is 2. The van der Waals surface area contributed by atoms with Crippen LogP contribution < -0.4 is 15.4 Å². The van der Waals surface area contributed by atoms with Crippen molar-refractivity contribution >= 4 is 11.9 Å². The lowest BCUT2D eigenvalue weighted by Crippen LogP contribution is -2.43. The van der Waals surface area contributed by atoms with Gasteiger partial charge >= 0.3 is 6.03 Å². The summed E-state index contributed by atoms with van der Waals surface area (Å²) in [5, 5.41) is 8.42. The minimum Gasteiger partial charge on any atom is -0.478 e. The fourth-order valence-electron chi connectivity index (χ4n) is 1.11. The second kappa shape index (κ2) is 5.88. The predicted molar refractivity (Wildman–Crippen MR) is 60.6 cm³/mol. The largest absolute Gasteiger partial charge is 0.478 e. The van der Waals surface area contributed by atoms with Crippen molar-refractivity contribution in [3.63, 3.8) is 0 Å². The van der Waals surface area contributed by atoms with E-state index in [9.17, 15) is 9.59 Å². The third-order valence-electron chi connectivity index (χ3n) is 2.08. The van der Waals surface area contributed by atoms with E-state index in [4.69, 9.17) is 4.74 Å². The molecule has 0 aliphatic carbocycles. The molecule has 0 aliphatic heterocycles. The first-order chi connectivity index (χ1) is 8.06. The molecule has 0 aliphatic rings. The Labute approximate surface area is 99.1 Å². The normalized spacial score (nSPS) is 11.7. The van der Waals surface area contributed by atoms with Gasteiger partial charge < -0.3 is 10.1 Å². The van der Waals surface area contributed by atoms with E-state index in [1.54, 1.807) is 17.8 Å². The van der Waals surface area contributed by atoms with E-state index >= 15 is 0 Å². The minimum atomic E-state index is -0.762. The van der Waals surface area contributed by atoms with E-state index in [-0.39, 0.29) is 0 Å². The second-order valence-corrected chi connectivity index (χ2v) is 3.36. The van der Waals surface area contributed by atoms with Crippen LogP contribution in [-0.4, -0.2) is 34.9 Å². The van der Waals surface area contributed by atoms with E-state index in [0.717, 1.165) is 6.54 Å². The molecule has 0 spiro atoms. The van der Waals surface area contributed by atoms with E-state index in [1.807, 2.05) is 6.92 Å². The van der Waals surface area contributed by atoms with Crippen LogP contribution in [0.2, 0.25) is 0 Å². The molecule has 0 saturated heterocycles. The Hall–Kier alpha value is -2.05. The van der Waals surface area contributed by atoms with Crippen molar-refractivity contribution in [3.8, 4) is 5.75 Å². The first-order valence-electron chi connectivity index (χ1n) is 5.28. The first-order valence-corrected chi connectivity index (χ1v) is 5.28. The summed E-state index contributed by atoms with van der Waals surface area (Å²) in [6, 6.07) is -0.560. The molecule has 0 radical (unpaired) electrons. The molecule has 1 atom stereocenters. The molecule has 7 nitrogen and oxygen atoms in total. The van der Waals surface area contributed by atoms with Crippen molar-refractivity contribution in [2.75, 3.05) is 7.05 Å². The molecule has 0 saturated carbocycles. The van der Waals surface area contributed by atoms with Crippen LogP contribution in [0.1, 0.15) is 13.8 Å². The molecular formula is C10H16N4O3. The van der Waals surface area contributed by atoms with E-state index < -0.39 is 18.0 Å². The highest BCUT2D eigenvalue weighted by Crippen LogP contribution is 2.10. The zero-order chi connectivity index (χ0) is 12.8. The molecule has 0 bridgehead atoms. The van der Waals surface area contributed by atoms with Gasteiger partial charge in [-0.25, -0.2) is 4.79 Å². The number of rotatable bonds is 4. The topological polar surface area (TPSA) is 85.2 Å². The first kappa shape index (κ1) is 13.0.